The van der Waals surface area contributed by atoms with Crippen molar-refractivity contribution in [2.24, 2.45) is 0 Å². The summed E-state index contributed by atoms with van der Waals surface area (Å²) in [5, 5.41) is 3.16. The lowest BCUT2D eigenvalue weighted by Crippen LogP contribution is -2.45. The molecule has 0 atom stereocenters. The molecule has 1 saturated heterocycles. The molecule has 4 aromatic rings. The third-order valence-electron chi connectivity index (χ3n) is 7.97. The number of nitrogens with one attached hydrogen (secondary N) is 1. The Bertz CT molecular complexity index is 1420. The number of halogens is 1. The summed E-state index contributed by atoms with van der Waals surface area (Å²) in [5.74, 6) is 1.58. The molecule has 2 fully saturated rings. The van der Waals surface area contributed by atoms with Crippen molar-refractivity contribution in [2.75, 3.05) is 38.0 Å². The molecule has 0 radical (unpaired) electrons. The number of nitrogens with zero attached hydrogens (tertiary/aromatic N) is 7. The Morgan fingerprint density at radius 1 is 1.00 bits per heavy atom. The molecule has 2 aliphatic rings. The van der Waals surface area contributed by atoms with Crippen molar-refractivity contribution in [3.8, 4) is 10.6 Å². The van der Waals surface area contributed by atoms with Gasteiger partial charge in [0.25, 0.3) is 0 Å². The van der Waals surface area contributed by atoms with Crippen LogP contribution in [-0.2, 0) is 6.54 Å². The average molecular weight is 535 g/mol. The highest BCUT2D eigenvalue weighted by Crippen LogP contribution is 2.42. The number of imidazole rings is 1. The molecule has 5 heterocycles. The van der Waals surface area contributed by atoms with E-state index in [1.54, 1.807) is 11.3 Å². The summed E-state index contributed by atoms with van der Waals surface area (Å²) < 4.78 is 17.4. The van der Waals surface area contributed by atoms with Gasteiger partial charge in [0, 0.05) is 45.0 Å². The van der Waals surface area contributed by atoms with Gasteiger partial charge in [-0.3, -0.25) is 4.90 Å². The lowest BCUT2D eigenvalue weighted by Gasteiger charge is -2.33. The zero-order chi connectivity index (χ0) is 26.2. The predicted molar refractivity (Wildman–Crippen MR) is 150 cm³/mol. The van der Waals surface area contributed by atoms with E-state index in [-0.39, 0.29) is 0 Å². The van der Waals surface area contributed by atoms with Crippen LogP contribution in [0.4, 0.5) is 16.2 Å². The van der Waals surface area contributed by atoms with Gasteiger partial charge >= 0.3 is 0 Å². The van der Waals surface area contributed by atoms with Crippen molar-refractivity contribution in [2.45, 2.75) is 59.0 Å². The molecule has 0 spiro atoms. The smallest absolute Gasteiger partial charge is 0.229 e. The number of aromatic nitrogens is 5. The number of rotatable bonds is 7. The second-order valence-electron chi connectivity index (χ2n) is 10.5. The summed E-state index contributed by atoms with van der Waals surface area (Å²) in [7, 11) is 0. The molecule has 38 heavy (non-hydrogen) atoms. The van der Waals surface area contributed by atoms with E-state index in [0.29, 0.717) is 23.5 Å². The number of aryl methyl sites for hydroxylation is 2. The number of anilines is 2. The molecule has 1 N–H and O–H groups in total. The van der Waals surface area contributed by atoms with Crippen LogP contribution in [0, 0.1) is 19.7 Å². The van der Waals surface area contributed by atoms with Crippen LogP contribution in [0.2, 0.25) is 0 Å². The number of pyridine rings is 1. The van der Waals surface area contributed by atoms with Gasteiger partial charge < -0.3 is 14.8 Å². The topological polar surface area (TPSA) is 75.0 Å². The van der Waals surface area contributed by atoms with E-state index in [1.165, 1.54) is 37.4 Å². The summed E-state index contributed by atoms with van der Waals surface area (Å²) in [6.45, 7) is 12.7. The van der Waals surface area contributed by atoms with Crippen molar-refractivity contribution in [3.63, 3.8) is 0 Å². The molecule has 4 aromatic heterocycles. The van der Waals surface area contributed by atoms with Crippen LogP contribution in [0.5, 0.6) is 0 Å². The van der Waals surface area contributed by atoms with Crippen LogP contribution in [0.1, 0.15) is 55.6 Å². The maximum absolute atomic E-state index is 15.0. The molecular weight excluding hydrogens is 499 g/mol. The Morgan fingerprint density at radius 2 is 1.76 bits per heavy atom. The van der Waals surface area contributed by atoms with Crippen molar-refractivity contribution in [3.05, 3.63) is 47.3 Å². The third kappa shape index (κ3) is 4.92. The molecule has 0 bridgehead atoms. The van der Waals surface area contributed by atoms with E-state index in [0.717, 1.165) is 65.9 Å². The third-order valence-corrected chi connectivity index (χ3v) is 9.26. The zero-order valence-corrected chi connectivity index (χ0v) is 23.2. The molecule has 1 aliphatic heterocycles. The van der Waals surface area contributed by atoms with Crippen molar-refractivity contribution >= 4 is 33.5 Å². The van der Waals surface area contributed by atoms with Gasteiger partial charge in [-0.25, -0.2) is 24.3 Å². The van der Waals surface area contributed by atoms with Crippen molar-refractivity contribution in [1.29, 1.82) is 0 Å². The quantitative estimate of drug-likeness (QED) is 0.326. The lowest BCUT2D eigenvalue weighted by molar-refractivity contribution is 0.132. The van der Waals surface area contributed by atoms with Gasteiger partial charge in [0.05, 0.1) is 11.1 Å². The van der Waals surface area contributed by atoms with Crippen LogP contribution in [0.15, 0.2) is 24.5 Å². The highest BCUT2D eigenvalue weighted by Gasteiger charge is 2.26. The van der Waals surface area contributed by atoms with Gasteiger partial charge in [-0.15, -0.1) is 11.3 Å². The maximum atomic E-state index is 15.0. The first-order valence-corrected chi connectivity index (χ1v) is 14.5. The summed E-state index contributed by atoms with van der Waals surface area (Å²) in [5.41, 5.74) is 3.40. The molecule has 8 nitrogen and oxygen atoms in total. The van der Waals surface area contributed by atoms with E-state index < -0.39 is 5.82 Å². The average Bonchev–Trinajstić information content (AvgIpc) is 3.64. The van der Waals surface area contributed by atoms with Gasteiger partial charge in [-0.05, 0) is 50.4 Å². The van der Waals surface area contributed by atoms with E-state index in [2.05, 4.69) is 54.5 Å². The molecule has 0 aromatic carbocycles. The van der Waals surface area contributed by atoms with Gasteiger partial charge in [0.1, 0.15) is 27.7 Å². The number of fused-ring (bicyclic) bond motifs is 1. The molecular formula is C28H35FN8S. The number of thiophene rings is 1. The van der Waals surface area contributed by atoms with E-state index in [4.69, 9.17) is 4.98 Å². The largest absolute Gasteiger partial charge is 0.317 e. The lowest BCUT2D eigenvalue weighted by atomic mass is 10.2. The molecule has 1 saturated carbocycles. The van der Waals surface area contributed by atoms with E-state index >= 15 is 4.39 Å². The van der Waals surface area contributed by atoms with Gasteiger partial charge in [-0.2, -0.15) is 0 Å². The molecule has 6 rings (SSSR count). The van der Waals surface area contributed by atoms with Gasteiger partial charge in [0.2, 0.25) is 5.95 Å². The number of hydrogen-bond donors (Lipinski definition) is 1. The van der Waals surface area contributed by atoms with E-state index in [1.807, 2.05) is 19.2 Å². The molecule has 10 heteroatoms. The minimum absolute atomic E-state index is 0.307. The monoisotopic (exact) mass is 534 g/mol. The number of piperazine rings is 1. The highest BCUT2D eigenvalue weighted by atomic mass is 32.1. The van der Waals surface area contributed by atoms with Gasteiger partial charge in [-0.1, -0.05) is 25.8 Å². The summed E-state index contributed by atoms with van der Waals surface area (Å²) >= 11 is 1.58. The normalized spacial score (nSPS) is 17.6. The molecule has 0 amide bonds. The standard InChI is InChI=1S/C28H35FN8S/c1-4-35-11-13-36(14-12-35)17-20-9-10-23(30-15-20)33-28-31-16-22(29)25(34-28)26-18(2)24-27(38-26)37(19(3)32-24)21-7-5-6-8-21/h9-10,15-16,21H,4-8,11-14,17H2,1-3H3,(H,30,31,33,34). The SMILES string of the molecule is CCN1CCN(Cc2ccc(Nc3ncc(F)c(-c4sc5c(nc(C)n5C5CCCC5)c4C)n3)nc2)CC1. The van der Waals surface area contributed by atoms with E-state index in [9.17, 15) is 0 Å². The molecule has 200 valence electrons. The Hall–Kier alpha value is -2.95. The minimum atomic E-state index is -0.432. The van der Waals surface area contributed by atoms with Gasteiger partial charge in [0.15, 0.2) is 5.82 Å². The zero-order valence-electron chi connectivity index (χ0n) is 22.4. The van der Waals surface area contributed by atoms with Crippen LogP contribution in [-0.4, -0.2) is 67.0 Å². The van der Waals surface area contributed by atoms with Crippen LogP contribution in [0.25, 0.3) is 20.9 Å². The fraction of sp³-hybridized carbons (Fsp3) is 0.500. The molecule has 0 unspecified atom stereocenters. The summed E-state index contributed by atoms with van der Waals surface area (Å²) in [6.07, 6.45) is 7.99. The Kier molecular flexibility index (Phi) is 7.11. The van der Waals surface area contributed by atoms with Crippen LogP contribution >= 0.6 is 11.3 Å². The molecule has 1 aliphatic carbocycles. The highest BCUT2D eigenvalue weighted by molar-refractivity contribution is 7.22. The fourth-order valence-electron chi connectivity index (χ4n) is 5.78. The number of likely N-dealkylation sites (N-methyl/N-ethyl adjacent to an activating group) is 1. The van der Waals surface area contributed by atoms with Crippen molar-refractivity contribution < 1.29 is 4.39 Å². The Balaban J connectivity index is 1.20. The van der Waals surface area contributed by atoms with Crippen LogP contribution < -0.4 is 5.32 Å². The first-order chi connectivity index (χ1) is 18.5. The predicted octanol–water partition coefficient (Wildman–Crippen LogP) is 5.70. The first kappa shape index (κ1) is 25.3. The summed E-state index contributed by atoms with van der Waals surface area (Å²) in [6, 6.07) is 4.50. The second kappa shape index (κ2) is 10.7. The first-order valence-electron chi connectivity index (χ1n) is 13.7. The second-order valence-corrected chi connectivity index (χ2v) is 11.5. The number of hydrogen-bond acceptors (Lipinski definition) is 8. The maximum Gasteiger partial charge on any atom is 0.229 e. The minimum Gasteiger partial charge on any atom is -0.317 e. The van der Waals surface area contributed by atoms with Crippen LogP contribution in [0.3, 0.4) is 0 Å². The Morgan fingerprint density at radius 3 is 2.47 bits per heavy atom. The summed E-state index contributed by atoms with van der Waals surface area (Å²) in [4.78, 5) is 25.1. The fourth-order valence-corrected chi connectivity index (χ4v) is 7.14. The van der Waals surface area contributed by atoms with Crippen molar-refractivity contribution in [1.82, 2.24) is 34.3 Å². The Labute approximate surface area is 226 Å².